The number of ether oxygens (including phenoxy) is 1. The maximum atomic E-state index is 12.0. The Hall–Kier alpha value is -0.680. The van der Waals surface area contributed by atoms with E-state index in [-0.39, 0.29) is 24.6 Å². The van der Waals surface area contributed by atoms with E-state index in [1.165, 1.54) is 6.07 Å². The Balaban J connectivity index is 2.58. The lowest BCUT2D eigenvalue weighted by atomic mass is 10.2. The monoisotopic (exact) mass is 390 g/mol. The molecule has 0 heterocycles. The Labute approximate surface area is 128 Å². The van der Waals surface area contributed by atoms with Crippen LogP contribution in [0.4, 0.5) is 13.2 Å². The van der Waals surface area contributed by atoms with Gasteiger partial charge in [0.15, 0.2) is 0 Å². The highest BCUT2D eigenvalue weighted by molar-refractivity contribution is 9.10. The minimum Gasteiger partial charge on any atom is -0.371 e. The molecule has 120 valence electrons. The first-order valence-corrected chi connectivity index (χ1v) is 8.06. The van der Waals surface area contributed by atoms with E-state index >= 15 is 0 Å². The van der Waals surface area contributed by atoms with E-state index in [1.807, 2.05) is 0 Å². The zero-order chi connectivity index (χ0) is 16.1. The molecule has 0 radical (unpaired) electrons. The van der Waals surface area contributed by atoms with E-state index in [9.17, 15) is 21.6 Å². The van der Waals surface area contributed by atoms with Crippen LogP contribution in [0.2, 0.25) is 0 Å². The first-order chi connectivity index (χ1) is 9.65. The van der Waals surface area contributed by atoms with Gasteiger partial charge in [0.05, 0.1) is 11.5 Å². The number of rotatable bonds is 7. The summed E-state index contributed by atoms with van der Waals surface area (Å²) >= 11 is 3.12. The molecule has 10 heteroatoms. The number of alkyl halides is 3. The highest BCUT2D eigenvalue weighted by atomic mass is 79.9. The molecule has 0 saturated heterocycles. The van der Waals surface area contributed by atoms with Crippen molar-refractivity contribution in [2.75, 3.05) is 19.8 Å². The van der Waals surface area contributed by atoms with Crippen LogP contribution in [0, 0.1) is 0 Å². The van der Waals surface area contributed by atoms with E-state index in [2.05, 4.69) is 25.4 Å². The summed E-state index contributed by atoms with van der Waals surface area (Å²) < 4.78 is 66.2. The van der Waals surface area contributed by atoms with Gasteiger partial charge in [-0.3, -0.25) is 0 Å². The van der Waals surface area contributed by atoms with Crippen LogP contribution in [-0.2, 0) is 21.3 Å². The minimum absolute atomic E-state index is 0.0180. The molecule has 1 aromatic carbocycles. The van der Waals surface area contributed by atoms with Crippen molar-refractivity contribution in [3.63, 3.8) is 0 Å². The number of hydrogen-bond donors (Lipinski definition) is 2. The summed E-state index contributed by atoms with van der Waals surface area (Å²) in [5, 5.41) is 0. The Bertz CT molecular complexity index is 579. The molecule has 5 nitrogen and oxygen atoms in total. The van der Waals surface area contributed by atoms with E-state index in [4.69, 9.17) is 5.73 Å². The number of nitrogens with one attached hydrogen (secondary N) is 1. The Morgan fingerprint density at radius 3 is 2.52 bits per heavy atom. The van der Waals surface area contributed by atoms with Crippen LogP contribution in [0.15, 0.2) is 27.6 Å². The van der Waals surface area contributed by atoms with Crippen LogP contribution in [0.5, 0.6) is 0 Å². The molecule has 3 N–H and O–H groups in total. The molecule has 0 aromatic heterocycles. The second kappa shape index (κ2) is 7.54. The molecular weight excluding hydrogens is 377 g/mol. The number of benzene rings is 1. The average Bonchev–Trinajstić information content (AvgIpc) is 2.36. The molecule has 1 rings (SSSR count). The summed E-state index contributed by atoms with van der Waals surface area (Å²) in [5.41, 5.74) is 6.18. The van der Waals surface area contributed by atoms with Crippen molar-refractivity contribution >= 4 is 26.0 Å². The number of hydrogen-bond acceptors (Lipinski definition) is 4. The third-order valence-corrected chi connectivity index (χ3v) is 4.76. The van der Waals surface area contributed by atoms with Gasteiger partial charge in [-0.25, -0.2) is 13.1 Å². The van der Waals surface area contributed by atoms with Crippen LogP contribution >= 0.6 is 15.9 Å². The first-order valence-electron chi connectivity index (χ1n) is 5.78. The molecule has 0 unspecified atom stereocenters. The van der Waals surface area contributed by atoms with E-state index < -0.39 is 22.8 Å². The predicted octanol–water partition coefficient (Wildman–Crippen LogP) is 1.76. The van der Waals surface area contributed by atoms with Crippen LogP contribution < -0.4 is 10.5 Å². The maximum absolute atomic E-state index is 12.0. The van der Waals surface area contributed by atoms with Crippen molar-refractivity contribution in [1.82, 2.24) is 4.72 Å². The van der Waals surface area contributed by atoms with Gasteiger partial charge in [0.2, 0.25) is 10.0 Å². The highest BCUT2D eigenvalue weighted by Crippen LogP contribution is 2.23. The summed E-state index contributed by atoms with van der Waals surface area (Å²) in [7, 11) is -3.83. The van der Waals surface area contributed by atoms with Crippen molar-refractivity contribution in [2.24, 2.45) is 5.73 Å². The summed E-state index contributed by atoms with van der Waals surface area (Å²) in [6.07, 6.45) is -4.43. The lowest BCUT2D eigenvalue weighted by Crippen LogP contribution is -2.29. The fraction of sp³-hybridized carbons (Fsp3) is 0.455. The molecule has 0 saturated carbocycles. The van der Waals surface area contributed by atoms with Gasteiger partial charge in [-0.1, -0.05) is 6.07 Å². The van der Waals surface area contributed by atoms with Gasteiger partial charge in [0, 0.05) is 17.6 Å². The number of halogens is 4. The van der Waals surface area contributed by atoms with Crippen molar-refractivity contribution < 1.29 is 26.3 Å². The SMILES string of the molecule is NCc1ccc(S(=O)(=O)NCCOCC(F)(F)F)c(Br)c1. The van der Waals surface area contributed by atoms with E-state index in [0.29, 0.717) is 4.47 Å². The quantitative estimate of drug-likeness (QED) is 0.695. The van der Waals surface area contributed by atoms with Crippen molar-refractivity contribution in [3.8, 4) is 0 Å². The van der Waals surface area contributed by atoms with Crippen LogP contribution in [0.1, 0.15) is 5.56 Å². The summed E-state index contributed by atoms with van der Waals surface area (Å²) in [4.78, 5) is -0.0180. The predicted molar refractivity (Wildman–Crippen MR) is 74.1 cm³/mol. The Morgan fingerprint density at radius 2 is 2.00 bits per heavy atom. The molecule has 1 aromatic rings. The van der Waals surface area contributed by atoms with Crippen molar-refractivity contribution in [3.05, 3.63) is 28.2 Å². The molecule has 0 aliphatic rings. The maximum Gasteiger partial charge on any atom is 0.411 e. The normalized spacial score (nSPS) is 12.6. The largest absolute Gasteiger partial charge is 0.411 e. The Kier molecular flexibility index (Phi) is 6.60. The van der Waals surface area contributed by atoms with E-state index in [1.54, 1.807) is 12.1 Å². The first kappa shape index (κ1) is 18.4. The lowest BCUT2D eigenvalue weighted by Gasteiger charge is -2.10. The molecule has 0 spiro atoms. The van der Waals surface area contributed by atoms with Crippen LogP contribution in [0.25, 0.3) is 0 Å². The molecule has 0 aliphatic carbocycles. The summed E-state index contributed by atoms with van der Waals surface area (Å²) in [5.74, 6) is 0. The van der Waals surface area contributed by atoms with Gasteiger partial charge < -0.3 is 10.5 Å². The second-order valence-corrected chi connectivity index (χ2v) is 6.62. The summed E-state index contributed by atoms with van der Waals surface area (Å²) in [6.45, 7) is -1.79. The molecule has 0 aliphatic heterocycles. The third-order valence-electron chi connectivity index (χ3n) is 2.33. The van der Waals surface area contributed by atoms with Crippen molar-refractivity contribution in [2.45, 2.75) is 17.6 Å². The second-order valence-electron chi connectivity index (χ2n) is 4.03. The topological polar surface area (TPSA) is 81.4 Å². The molecule has 0 fully saturated rings. The molecule has 0 atom stereocenters. The summed E-state index contributed by atoms with van der Waals surface area (Å²) in [6, 6.07) is 4.49. The zero-order valence-corrected chi connectivity index (χ0v) is 13.2. The fourth-order valence-corrected chi connectivity index (χ4v) is 3.54. The average molecular weight is 391 g/mol. The van der Waals surface area contributed by atoms with Crippen molar-refractivity contribution in [1.29, 1.82) is 0 Å². The number of sulfonamides is 1. The molecular formula is C11H14BrF3N2O3S. The smallest absolute Gasteiger partial charge is 0.371 e. The third kappa shape index (κ3) is 6.30. The number of nitrogens with two attached hydrogens (primary N) is 1. The Morgan fingerprint density at radius 1 is 1.33 bits per heavy atom. The van der Waals surface area contributed by atoms with Gasteiger partial charge in [-0.2, -0.15) is 13.2 Å². The molecule has 0 amide bonds. The van der Waals surface area contributed by atoms with Crippen LogP contribution in [-0.4, -0.2) is 34.4 Å². The van der Waals surface area contributed by atoms with Crippen LogP contribution in [0.3, 0.4) is 0 Å². The zero-order valence-electron chi connectivity index (χ0n) is 10.8. The lowest BCUT2D eigenvalue weighted by molar-refractivity contribution is -0.173. The van der Waals surface area contributed by atoms with E-state index in [0.717, 1.165) is 5.56 Å². The minimum atomic E-state index is -4.43. The fourth-order valence-electron chi connectivity index (χ4n) is 1.40. The van der Waals surface area contributed by atoms with Gasteiger partial charge in [-0.05, 0) is 33.6 Å². The van der Waals surface area contributed by atoms with Gasteiger partial charge >= 0.3 is 6.18 Å². The standard InChI is InChI=1S/C11H14BrF3N2O3S/c12-9-5-8(6-16)1-2-10(9)21(18,19)17-3-4-20-7-11(13,14)15/h1-2,5,17H,3-4,6-7,16H2. The van der Waals surface area contributed by atoms with Gasteiger partial charge in [0.25, 0.3) is 0 Å². The van der Waals surface area contributed by atoms with Gasteiger partial charge in [0.1, 0.15) is 6.61 Å². The highest BCUT2D eigenvalue weighted by Gasteiger charge is 2.27. The molecule has 21 heavy (non-hydrogen) atoms. The molecule has 0 bridgehead atoms. The van der Waals surface area contributed by atoms with Gasteiger partial charge in [-0.15, -0.1) is 0 Å².